The number of benzene rings is 1. The Morgan fingerprint density at radius 2 is 2.12 bits per heavy atom. The minimum Gasteiger partial charge on any atom is -0.463 e. The Kier molecular flexibility index (Phi) is 5.60. The van der Waals surface area contributed by atoms with Gasteiger partial charge in [-0.1, -0.05) is 18.2 Å². The molecule has 0 amide bonds. The summed E-state index contributed by atoms with van der Waals surface area (Å²) in [5.74, 6) is -2.00. The van der Waals surface area contributed by atoms with Gasteiger partial charge in [-0.05, 0) is 19.9 Å². The van der Waals surface area contributed by atoms with Crippen LogP contribution in [0.2, 0.25) is 0 Å². The van der Waals surface area contributed by atoms with Crippen LogP contribution in [0.3, 0.4) is 0 Å². The Morgan fingerprint density at radius 3 is 2.72 bits per heavy atom. The van der Waals surface area contributed by atoms with E-state index in [1.165, 1.54) is 25.1 Å². The van der Waals surface area contributed by atoms with Crippen LogP contribution in [0, 0.1) is 11.3 Å². The van der Waals surface area contributed by atoms with E-state index in [-0.39, 0.29) is 40.7 Å². The van der Waals surface area contributed by atoms with Gasteiger partial charge in [0.2, 0.25) is 5.88 Å². The highest BCUT2D eigenvalue weighted by molar-refractivity contribution is 5.92. The number of ether oxygens (including phenoxy) is 3. The van der Waals surface area contributed by atoms with Crippen LogP contribution in [0.1, 0.15) is 25.3 Å². The molecule has 1 aliphatic rings. The zero-order chi connectivity index (χ0) is 18.6. The molecule has 2 N–H and O–H groups in total. The van der Waals surface area contributed by atoms with Crippen LogP contribution in [0.15, 0.2) is 47.1 Å². The van der Waals surface area contributed by atoms with Crippen LogP contribution in [0.5, 0.6) is 5.75 Å². The van der Waals surface area contributed by atoms with E-state index in [0.29, 0.717) is 0 Å². The van der Waals surface area contributed by atoms with Crippen LogP contribution in [-0.4, -0.2) is 19.2 Å². The summed E-state index contributed by atoms with van der Waals surface area (Å²) in [7, 11) is 0. The summed E-state index contributed by atoms with van der Waals surface area (Å²) in [6.45, 7) is 0.134. The number of allylic oxidation sites excluding steroid dienone is 2. The topological polar surface area (TPSA) is 94.6 Å². The lowest BCUT2D eigenvalue weighted by atomic mass is 9.82. The number of rotatable bonds is 5. The van der Waals surface area contributed by atoms with E-state index in [1.54, 1.807) is 13.0 Å². The van der Waals surface area contributed by atoms with Gasteiger partial charge in [0.1, 0.15) is 23.2 Å². The Hall–Kier alpha value is -3.08. The van der Waals surface area contributed by atoms with Crippen molar-refractivity contribution in [2.24, 2.45) is 5.73 Å². The molecular weight excluding hydrogens is 334 g/mol. The molecule has 6 nitrogen and oxygen atoms in total. The van der Waals surface area contributed by atoms with E-state index in [9.17, 15) is 18.8 Å². The molecule has 1 unspecified atom stereocenters. The smallest absolute Gasteiger partial charge is 0.387 e. The third-order valence-corrected chi connectivity index (χ3v) is 3.55. The molecule has 0 saturated carbocycles. The van der Waals surface area contributed by atoms with Gasteiger partial charge in [-0.15, -0.1) is 0 Å². The second-order valence-electron chi connectivity index (χ2n) is 5.03. The van der Waals surface area contributed by atoms with Crippen molar-refractivity contribution < 1.29 is 27.8 Å². The van der Waals surface area contributed by atoms with Crippen LogP contribution in [0.4, 0.5) is 8.78 Å². The number of para-hydroxylation sites is 1. The first kappa shape index (κ1) is 18.3. The highest BCUT2D eigenvalue weighted by Crippen LogP contribution is 2.43. The lowest BCUT2D eigenvalue weighted by molar-refractivity contribution is -0.139. The number of carbonyl (C=O) groups is 1. The molecule has 0 aromatic heterocycles. The third-order valence-electron chi connectivity index (χ3n) is 3.55. The number of carbonyl (C=O) groups excluding carboxylic acids is 1. The lowest BCUT2D eigenvalue weighted by Crippen LogP contribution is -2.26. The van der Waals surface area contributed by atoms with Gasteiger partial charge in [-0.25, -0.2) is 4.79 Å². The summed E-state index contributed by atoms with van der Waals surface area (Å²) >= 11 is 0. The van der Waals surface area contributed by atoms with Gasteiger partial charge in [-0.3, -0.25) is 0 Å². The normalized spacial score (nSPS) is 17.2. The number of nitriles is 1. The average molecular weight is 350 g/mol. The fourth-order valence-corrected chi connectivity index (χ4v) is 2.59. The van der Waals surface area contributed by atoms with E-state index in [1.807, 2.05) is 6.07 Å². The minimum atomic E-state index is -3.07. The van der Waals surface area contributed by atoms with Gasteiger partial charge < -0.3 is 19.9 Å². The molecule has 0 fully saturated rings. The minimum absolute atomic E-state index is 0.0120. The molecular formula is C17H16F2N2O4. The number of halogens is 2. The largest absolute Gasteiger partial charge is 0.463 e. The standard InChI is InChI=1S/C17H16F2N2O4/c1-3-23-16(22)13-9(2)24-15(21)11(8-20)14(13)10-6-4-5-7-12(10)25-17(18)19/h4-7,14,17H,3,21H2,1-2H3. The molecule has 1 aromatic carbocycles. The summed E-state index contributed by atoms with van der Waals surface area (Å²) in [4.78, 5) is 12.4. The maximum absolute atomic E-state index is 12.7. The average Bonchev–Trinajstić information content (AvgIpc) is 2.54. The van der Waals surface area contributed by atoms with Crippen LogP contribution >= 0.6 is 0 Å². The molecule has 132 valence electrons. The van der Waals surface area contributed by atoms with Crippen molar-refractivity contribution in [1.29, 1.82) is 5.26 Å². The molecule has 8 heteroatoms. The summed E-state index contributed by atoms with van der Waals surface area (Å²) in [6.07, 6.45) is 0. The van der Waals surface area contributed by atoms with E-state index in [4.69, 9.17) is 15.2 Å². The molecule has 1 aromatic rings. The molecule has 25 heavy (non-hydrogen) atoms. The highest BCUT2D eigenvalue weighted by atomic mass is 19.3. The first-order valence-corrected chi connectivity index (χ1v) is 7.39. The summed E-state index contributed by atoms with van der Waals surface area (Å²) in [5.41, 5.74) is 5.87. The van der Waals surface area contributed by atoms with E-state index < -0.39 is 18.5 Å². The van der Waals surface area contributed by atoms with Crippen molar-refractivity contribution in [2.45, 2.75) is 26.4 Å². The first-order chi connectivity index (χ1) is 11.9. The number of hydrogen-bond donors (Lipinski definition) is 1. The monoisotopic (exact) mass is 350 g/mol. The molecule has 0 spiro atoms. The predicted octanol–water partition coefficient (Wildman–Crippen LogP) is 2.93. The number of esters is 1. The van der Waals surface area contributed by atoms with Gasteiger partial charge in [-0.2, -0.15) is 14.0 Å². The van der Waals surface area contributed by atoms with Crippen molar-refractivity contribution in [3.05, 3.63) is 52.6 Å². The lowest BCUT2D eigenvalue weighted by Gasteiger charge is -2.27. The molecule has 1 heterocycles. The van der Waals surface area contributed by atoms with Gasteiger partial charge in [0, 0.05) is 5.56 Å². The maximum Gasteiger partial charge on any atom is 0.387 e. The van der Waals surface area contributed by atoms with E-state index in [2.05, 4.69) is 4.74 Å². The Morgan fingerprint density at radius 1 is 1.44 bits per heavy atom. The van der Waals surface area contributed by atoms with Gasteiger partial charge in [0.25, 0.3) is 0 Å². The maximum atomic E-state index is 12.7. The van der Waals surface area contributed by atoms with Crippen LogP contribution in [-0.2, 0) is 14.3 Å². The number of hydrogen-bond acceptors (Lipinski definition) is 6. The van der Waals surface area contributed by atoms with Crippen LogP contribution in [0.25, 0.3) is 0 Å². The van der Waals surface area contributed by atoms with E-state index >= 15 is 0 Å². The Labute approximate surface area is 143 Å². The number of alkyl halides is 2. The fraction of sp³-hybridized carbons (Fsp3) is 0.294. The summed E-state index contributed by atoms with van der Waals surface area (Å²) in [5, 5.41) is 9.45. The van der Waals surface area contributed by atoms with Crippen molar-refractivity contribution in [3.8, 4) is 11.8 Å². The fourth-order valence-electron chi connectivity index (χ4n) is 2.59. The molecule has 0 bridgehead atoms. The highest BCUT2D eigenvalue weighted by Gasteiger charge is 2.38. The Bertz CT molecular complexity index is 781. The molecule has 1 aliphatic heterocycles. The predicted molar refractivity (Wildman–Crippen MR) is 83.1 cm³/mol. The third kappa shape index (κ3) is 3.71. The van der Waals surface area contributed by atoms with Gasteiger partial charge in [0.05, 0.1) is 18.1 Å². The van der Waals surface area contributed by atoms with Crippen molar-refractivity contribution in [1.82, 2.24) is 0 Å². The molecule has 0 saturated heterocycles. The summed E-state index contributed by atoms with van der Waals surface area (Å²) in [6, 6.07) is 7.75. The summed E-state index contributed by atoms with van der Waals surface area (Å²) < 4.78 is 40.3. The van der Waals surface area contributed by atoms with Crippen molar-refractivity contribution >= 4 is 5.97 Å². The van der Waals surface area contributed by atoms with Gasteiger partial charge in [0.15, 0.2) is 0 Å². The van der Waals surface area contributed by atoms with Crippen molar-refractivity contribution in [2.75, 3.05) is 6.61 Å². The SMILES string of the molecule is CCOC(=O)C1=C(C)OC(N)=C(C#N)C1c1ccccc1OC(F)F. The second kappa shape index (κ2) is 7.66. The zero-order valence-electron chi connectivity index (χ0n) is 13.6. The molecule has 0 radical (unpaired) electrons. The molecule has 0 aliphatic carbocycles. The number of nitrogens with two attached hydrogens (primary N) is 1. The first-order valence-electron chi connectivity index (χ1n) is 7.39. The molecule has 2 rings (SSSR count). The molecule has 1 atom stereocenters. The van der Waals surface area contributed by atoms with Crippen LogP contribution < -0.4 is 10.5 Å². The number of nitrogens with zero attached hydrogens (tertiary/aromatic N) is 1. The van der Waals surface area contributed by atoms with E-state index in [0.717, 1.165) is 0 Å². The Balaban J connectivity index is 2.66. The second-order valence-corrected chi connectivity index (χ2v) is 5.03. The quantitative estimate of drug-likeness (QED) is 0.821. The van der Waals surface area contributed by atoms with Gasteiger partial charge >= 0.3 is 12.6 Å². The zero-order valence-corrected chi connectivity index (χ0v) is 13.6. The van der Waals surface area contributed by atoms with Crippen molar-refractivity contribution in [3.63, 3.8) is 0 Å².